The van der Waals surface area contributed by atoms with Gasteiger partial charge in [0.2, 0.25) is 0 Å². The molecule has 1 heterocycles. The number of carbonyl (C=O) groups is 1. The van der Waals surface area contributed by atoms with Crippen LogP contribution in [0.5, 0.6) is 0 Å². The van der Waals surface area contributed by atoms with Crippen LogP contribution in [-0.4, -0.2) is 29.3 Å². The van der Waals surface area contributed by atoms with Crippen molar-refractivity contribution in [1.82, 2.24) is 15.6 Å². The minimum Gasteiger partial charge on any atom is -0.444 e. The van der Waals surface area contributed by atoms with Gasteiger partial charge in [-0.05, 0) is 46.5 Å². The molecule has 0 saturated heterocycles. The van der Waals surface area contributed by atoms with Crippen LogP contribution in [-0.2, 0) is 4.74 Å². The average molecular weight is 311 g/mol. The Labute approximate surface area is 130 Å². The second kappa shape index (κ2) is 6.75. The topological polar surface area (TPSA) is 63.2 Å². The maximum Gasteiger partial charge on any atom is 0.407 e. The summed E-state index contributed by atoms with van der Waals surface area (Å²) in [5, 5.41) is 9.51. The molecule has 2 N–H and O–H groups in total. The number of rotatable bonds is 6. The number of carbonyl (C=O) groups excluding carboxylic acids is 1. The summed E-state index contributed by atoms with van der Waals surface area (Å²) in [6, 6.07) is 0.479. The highest BCUT2D eigenvalue weighted by Gasteiger charge is 2.33. The Morgan fingerprint density at radius 2 is 2.24 bits per heavy atom. The lowest BCUT2D eigenvalue weighted by Crippen LogP contribution is -2.44. The lowest BCUT2D eigenvalue weighted by Gasteiger charge is -2.24. The Bertz CT molecular complexity index is 452. The molecule has 2 unspecified atom stereocenters. The molecule has 6 heteroatoms. The third-order valence-corrected chi connectivity index (χ3v) is 4.30. The fourth-order valence-corrected chi connectivity index (χ4v) is 2.86. The number of aromatic nitrogens is 1. The zero-order chi connectivity index (χ0) is 15.5. The van der Waals surface area contributed by atoms with Crippen molar-refractivity contribution in [2.75, 3.05) is 6.54 Å². The van der Waals surface area contributed by atoms with E-state index in [1.54, 1.807) is 11.3 Å². The number of nitrogens with one attached hydrogen (secondary N) is 2. The zero-order valence-electron chi connectivity index (χ0n) is 13.2. The zero-order valence-corrected chi connectivity index (χ0v) is 14.0. The van der Waals surface area contributed by atoms with Gasteiger partial charge in [-0.2, -0.15) is 0 Å². The fourth-order valence-electron chi connectivity index (χ4n) is 2.21. The van der Waals surface area contributed by atoms with E-state index in [1.165, 1.54) is 12.8 Å². The monoisotopic (exact) mass is 311 g/mol. The van der Waals surface area contributed by atoms with Crippen LogP contribution in [0.2, 0.25) is 0 Å². The van der Waals surface area contributed by atoms with Crippen molar-refractivity contribution in [1.29, 1.82) is 0 Å². The molecule has 0 aliphatic heterocycles. The first kappa shape index (κ1) is 16.2. The van der Waals surface area contributed by atoms with Gasteiger partial charge in [-0.15, -0.1) is 11.3 Å². The highest BCUT2D eigenvalue weighted by Crippen LogP contribution is 2.33. The minimum absolute atomic E-state index is 0.205. The number of ether oxygens (including phenoxy) is 1. The van der Waals surface area contributed by atoms with E-state index in [0.717, 1.165) is 5.01 Å². The summed E-state index contributed by atoms with van der Waals surface area (Å²) < 4.78 is 5.28. The molecule has 0 spiro atoms. The number of hydrogen-bond donors (Lipinski definition) is 2. The smallest absolute Gasteiger partial charge is 0.407 e. The largest absolute Gasteiger partial charge is 0.444 e. The summed E-state index contributed by atoms with van der Waals surface area (Å²) in [6.45, 7) is 8.31. The normalized spacial score (nSPS) is 18.1. The molecule has 5 nitrogen and oxygen atoms in total. The summed E-state index contributed by atoms with van der Waals surface area (Å²) in [5.41, 5.74) is -0.458. The van der Waals surface area contributed by atoms with Crippen LogP contribution in [0.25, 0.3) is 0 Å². The van der Waals surface area contributed by atoms with Gasteiger partial charge in [0.1, 0.15) is 10.6 Å². The SMILES string of the molecule is CC(NC(CNC(=O)OC(C)(C)C)C1CC1)c1nccs1. The minimum atomic E-state index is -0.458. The van der Waals surface area contributed by atoms with Gasteiger partial charge in [-0.25, -0.2) is 9.78 Å². The van der Waals surface area contributed by atoms with E-state index in [-0.39, 0.29) is 18.2 Å². The Morgan fingerprint density at radius 1 is 1.52 bits per heavy atom. The van der Waals surface area contributed by atoms with Gasteiger partial charge >= 0.3 is 6.09 Å². The number of nitrogens with zero attached hydrogens (tertiary/aromatic N) is 1. The van der Waals surface area contributed by atoms with E-state index >= 15 is 0 Å². The van der Waals surface area contributed by atoms with Crippen molar-refractivity contribution in [2.45, 2.75) is 58.2 Å². The van der Waals surface area contributed by atoms with E-state index < -0.39 is 5.60 Å². The van der Waals surface area contributed by atoms with Crippen LogP contribution >= 0.6 is 11.3 Å². The average Bonchev–Trinajstić information content (AvgIpc) is 3.06. The van der Waals surface area contributed by atoms with Gasteiger partial charge in [0.25, 0.3) is 0 Å². The first-order chi connectivity index (χ1) is 9.85. The van der Waals surface area contributed by atoms with E-state index in [9.17, 15) is 4.79 Å². The molecule has 118 valence electrons. The third-order valence-electron chi connectivity index (χ3n) is 3.34. The number of amides is 1. The van der Waals surface area contributed by atoms with Crippen molar-refractivity contribution in [2.24, 2.45) is 5.92 Å². The lowest BCUT2D eigenvalue weighted by molar-refractivity contribution is 0.0520. The predicted molar refractivity (Wildman–Crippen MR) is 84.4 cm³/mol. The Morgan fingerprint density at radius 3 is 2.76 bits per heavy atom. The van der Waals surface area contributed by atoms with Crippen LogP contribution in [0.3, 0.4) is 0 Å². The van der Waals surface area contributed by atoms with Crippen LogP contribution < -0.4 is 10.6 Å². The molecule has 0 aromatic carbocycles. The van der Waals surface area contributed by atoms with E-state index in [2.05, 4.69) is 22.5 Å². The quantitative estimate of drug-likeness (QED) is 0.847. The summed E-state index contributed by atoms with van der Waals surface area (Å²) in [7, 11) is 0. The maximum atomic E-state index is 11.7. The van der Waals surface area contributed by atoms with Crippen molar-refractivity contribution in [3.8, 4) is 0 Å². The molecule has 1 aromatic heterocycles. The molecule has 21 heavy (non-hydrogen) atoms. The second-order valence-electron chi connectivity index (χ2n) is 6.59. The molecule has 1 aliphatic carbocycles. The second-order valence-corrected chi connectivity index (χ2v) is 7.51. The van der Waals surface area contributed by atoms with Crippen molar-refractivity contribution in [3.63, 3.8) is 0 Å². The molecule has 1 saturated carbocycles. The number of hydrogen-bond acceptors (Lipinski definition) is 5. The van der Waals surface area contributed by atoms with Crippen molar-refractivity contribution in [3.05, 3.63) is 16.6 Å². The highest BCUT2D eigenvalue weighted by atomic mass is 32.1. The maximum absolute atomic E-state index is 11.7. The van der Waals surface area contributed by atoms with Gasteiger partial charge in [-0.3, -0.25) is 0 Å². The molecular weight excluding hydrogens is 286 g/mol. The van der Waals surface area contributed by atoms with Crippen LogP contribution in [0.4, 0.5) is 4.79 Å². The standard InChI is InChI=1S/C15H25N3O2S/c1-10(13-16-7-8-21-13)18-12(11-5-6-11)9-17-14(19)20-15(2,3)4/h7-8,10-12,18H,5-6,9H2,1-4H3,(H,17,19). The molecule has 0 bridgehead atoms. The first-order valence-corrected chi connectivity index (χ1v) is 8.35. The van der Waals surface area contributed by atoms with Gasteiger partial charge in [-0.1, -0.05) is 0 Å². The Hall–Kier alpha value is -1.14. The van der Waals surface area contributed by atoms with Crippen LogP contribution in [0.15, 0.2) is 11.6 Å². The molecule has 2 rings (SSSR count). The Balaban J connectivity index is 1.81. The van der Waals surface area contributed by atoms with E-state index in [0.29, 0.717) is 12.5 Å². The first-order valence-electron chi connectivity index (χ1n) is 7.47. The van der Waals surface area contributed by atoms with Crippen molar-refractivity contribution < 1.29 is 9.53 Å². The third kappa shape index (κ3) is 5.63. The van der Waals surface area contributed by atoms with Crippen LogP contribution in [0, 0.1) is 5.92 Å². The summed E-state index contributed by atoms with van der Waals surface area (Å²) in [6.07, 6.45) is 3.91. The summed E-state index contributed by atoms with van der Waals surface area (Å²) in [5.74, 6) is 0.641. The highest BCUT2D eigenvalue weighted by molar-refractivity contribution is 7.09. The predicted octanol–water partition coefficient (Wildman–Crippen LogP) is 3.10. The lowest BCUT2D eigenvalue weighted by atomic mass is 10.1. The number of thiazole rings is 1. The molecule has 0 radical (unpaired) electrons. The molecule has 1 amide bonds. The van der Waals surface area contributed by atoms with Gasteiger partial charge in [0.05, 0.1) is 6.04 Å². The molecule has 1 fully saturated rings. The fraction of sp³-hybridized carbons (Fsp3) is 0.733. The van der Waals surface area contributed by atoms with Crippen LogP contribution in [0.1, 0.15) is 51.6 Å². The van der Waals surface area contributed by atoms with Crippen molar-refractivity contribution >= 4 is 17.4 Å². The Kier molecular flexibility index (Phi) is 5.22. The van der Waals surface area contributed by atoms with E-state index in [4.69, 9.17) is 4.74 Å². The summed E-state index contributed by atoms with van der Waals surface area (Å²) >= 11 is 1.65. The number of alkyl carbamates (subject to hydrolysis) is 1. The molecule has 1 aliphatic rings. The van der Waals surface area contributed by atoms with E-state index in [1.807, 2.05) is 32.3 Å². The summed E-state index contributed by atoms with van der Waals surface area (Å²) in [4.78, 5) is 16.1. The molecule has 2 atom stereocenters. The van der Waals surface area contributed by atoms with Gasteiger partial charge in [0, 0.05) is 24.2 Å². The molecular formula is C15H25N3O2S. The van der Waals surface area contributed by atoms with Gasteiger partial charge < -0.3 is 15.4 Å². The molecule has 1 aromatic rings. The van der Waals surface area contributed by atoms with Gasteiger partial charge in [0.15, 0.2) is 0 Å².